The summed E-state index contributed by atoms with van der Waals surface area (Å²) < 4.78 is 12.7. The number of hydrogen-bond acceptors (Lipinski definition) is 1. The van der Waals surface area contributed by atoms with Crippen LogP contribution >= 0.6 is 0 Å². The second-order valence-electron chi connectivity index (χ2n) is 3.33. The average Bonchev–Trinajstić information content (AvgIpc) is 2.19. The first kappa shape index (κ1) is 18.3. The summed E-state index contributed by atoms with van der Waals surface area (Å²) in [5.41, 5.74) is 1.15. The minimum absolute atomic E-state index is 0. The van der Waals surface area contributed by atoms with Gasteiger partial charge < -0.3 is 11.0 Å². The SMILES string of the molecule is C=CCC(CNC)c1ccc(F)cc1.[Al+3].[H-].[H-].[H-].[H-].[Li+]. The fourth-order valence-corrected chi connectivity index (χ4v) is 1.52. The molecule has 0 aromatic heterocycles. The molecule has 84 valence electrons. The smallest absolute Gasteiger partial charge is 1.00 e. The van der Waals surface area contributed by atoms with Gasteiger partial charge in [-0.25, -0.2) is 4.39 Å². The van der Waals surface area contributed by atoms with E-state index in [1.165, 1.54) is 12.1 Å². The molecule has 0 saturated heterocycles. The van der Waals surface area contributed by atoms with Crippen LogP contribution in [0.15, 0.2) is 36.9 Å². The fraction of sp³-hybridized carbons (Fsp3) is 0.333. The summed E-state index contributed by atoms with van der Waals surface area (Å²) in [6.07, 6.45) is 2.80. The molecule has 0 heterocycles. The van der Waals surface area contributed by atoms with Crippen molar-refractivity contribution >= 4 is 17.4 Å². The van der Waals surface area contributed by atoms with E-state index in [2.05, 4.69) is 11.9 Å². The summed E-state index contributed by atoms with van der Waals surface area (Å²) in [5.74, 6) is 0.202. The van der Waals surface area contributed by atoms with Gasteiger partial charge in [-0.1, -0.05) is 18.2 Å². The average molecular weight is 231 g/mol. The summed E-state index contributed by atoms with van der Waals surface area (Å²) in [5, 5.41) is 3.12. The molecular weight excluding hydrogens is 211 g/mol. The Hall–Kier alpha value is -0.0201. The first-order valence-corrected chi connectivity index (χ1v) is 4.79. The molecule has 0 amide bonds. The Kier molecular flexibility index (Phi) is 11.6. The van der Waals surface area contributed by atoms with E-state index in [-0.39, 0.29) is 47.7 Å². The Balaban J connectivity index is -0.0000000817. The molecule has 0 saturated carbocycles. The van der Waals surface area contributed by atoms with Crippen LogP contribution in [-0.2, 0) is 0 Å². The number of nitrogens with one attached hydrogen (secondary N) is 1. The predicted octanol–water partition coefficient (Wildman–Crippen LogP) is -0.222. The van der Waals surface area contributed by atoms with Crippen molar-refractivity contribution in [3.05, 3.63) is 48.3 Å². The van der Waals surface area contributed by atoms with Gasteiger partial charge in [-0.15, -0.1) is 6.58 Å². The van der Waals surface area contributed by atoms with Crippen molar-refractivity contribution in [3.63, 3.8) is 0 Å². The molecule has 1 rings (SSSR count). The number of halogens is 1. The van der Waals surface area contributed by atoms with E-state index in [1.807, 2.05) is 25.3 Å². The predicted molar refractivity (Wildman–Crippen MR) is 68.1 cm³/mol. The van der Waals surface area contributed by atoms with Gasteiger partial charge in [-0.3, -0.25) is 0 Å². The monoisotopic (exact) mass is 231 g/mol. The molecule has 1 unspecified atom stereocenters. The molecule has 16 heavy (non-hydrogen) atoms. The molecule has 0 spiro atoms. The van der Waals surface area contributed by atoms with E-state index < -0.39 is 0 Å². The quantitative estimate of drug-likeness (QED) is 0.545. The zero-order valence-electron chi connectivity index (χ0n) is 14.0. The molecule has 1 aromatic rings. The number of rotatable bonds is 5. The van der Waals surface area contributed by atoms with Gasteiger partial charge in [0, 0.05) is 6.54 Å². The molecule has 1 aromatic carbocycles. The van der Waals surface area contributed by atoms with Crippen LogP contribution in [0.1, 0.15) is 23.6 Å². The fourth-order valence-electron chi connectivity index (χ4n) is 1.52. The van der Waals surface area contributed by atoms with Crippen LogP contribution in [0.4, 0.5) is 4.39 Å². The summed E-state index contributed by atoms with van der Waals surface area (Å²) in [4.78, 5) is 0. The van der Waals surface area contributed by atoms with E-state index in [0.717, 1.165) is 18.5 Å². The van der Waals surface area contributed by atoms with Crippen molar-refractivity contribution in [3.8, 4) is 0 Å². The third-order valence-corrected chi connectivity index (χ3v) is 2.24. The van der Waals surface area contributed by atoms with Gasteiger partial charge in [0.2, 0.25) is 0 Å². The third kappa shape index (κ3) is 5.90. The first-order valence-electron chi connectivity index (χ1n) is 4.79. The largest absolute Gasteiger partial charge is 3.00 e. The van der Waals surface area contributed by atoms with E-state index in [4.69, 9.17) is 0 Å². The molecule has 4 heteroatoms. The van der Waals surface area contributed by atoms with Gasteiger partial charge in [0.1, 0.15) is 5.82 Å². The molecule has 0 aliphatic heterocycles. The van der Waals surface area contributed by atoms with Gasteiger partial charge in [0.15, 0.2) is 0 Å². The molecule has 1 nitrogen and oxygen atoms in total. The van der Waals surface area contributed by atoms with Crippen LogP contribution in [0.2, 0.25) is 0 Å². The van der Waals surface area contributed by atoms with Gasteiger partial charge in [-0.05, 0) is 37.1 Å². The van der Waals surface area contributed by atoms with Crippen molar-refractivity contribution in [1.82, 2.24) is 5.32 Å². The van der Waals surface area contributed by atoms with Crippen molar-refractivity contribution in [2.24, 2.45) is 0 Å². The van der Waals surface area contributed by atoms with Crippen molar-refractivity contribution in [1.29, 1.82) is 0 Å². The van der Waals surface area contributed by atoms with Gasteiger partial charge >= 0.3 is 36.2 Å². The summed E-state index contributed by atoms with van der Waals surface area (Å²) in [6, 6.07) is 6.67. The molecule has 0 fully saturated rings. The van der Waals surface area contributed by atoms with Crippen molar-refractivity contribution in [2.75, 3.05) is 13.6 Å². The molecule has 1 atom stereocenters. The van der Waals surface area contributed by atoms with E-state index in [0.29, 0.717) is 5.92 Å². The topological polar surface area (TPSA) is 12.0 Å². The Morgan fingerprint density at radius 2 is 2.00 bits per heavy atom. The van der Waals surface area contributed by atoms with Crippen LogP contribution in [0.25, 0.3) is 0 Å². The van der Waals surface area contributed by atoms with Crippen molar-refractivity contribution in [2.45, 2.75) is 12.3 Å². The maximum absolute atomic E-state index is 12.7. The zero-order valence-corrected chi connectivity index (χ0v) is 11.2. The number of hydrogen-bond donors (Lipinski definition) is 1. The normalized spacial score (nSPS) is 10.9. The Bertz CT molecular complexity index is 304. The maximum Gasteiger partial charge on any atom is 3.00 e. The molecule has 0 bridgehead atoms. The molecule has 0 aliphatic carbocycles. The molecular formula is C12H20AlFLiN. The minimum Gasteiger partial charge on any atom is -1.00 e. The first-order chi connectivity index (χ1) is 6.77. The van der Waals surface area contributed by atoms with E-state index in [9.17, 15) is 4.39 Å². The third-order valence-electron chi connectivity index (χ3n) is 2.24. The second-order valence-corrected chi connectivity index (χ2v) is 3.33. The summed E-state index contributed by atoms with van der Waals surface area (Å²) in [7, 11) is 1.92. The number of likely N-dealkylation sites (N-methyl/N-ethyl adjacent to an activating group) is 1. The molecule has 0 aliphatic rings. The standard InChI is InChI=1S/C12H16FN.Al.Li.4H/c1-3-4-11(9-14-2)10-5-7-12(13)8-6-10;;;;;;/h3,5-8,11,14H,1,4,9H2,2H3;;;;;;/q;+3;+1;4*-1. The Morgan fingerprint density at radius 3 is 2.44 bits per heavy atom. The van der Waals surface area contributed by atoms with Crippen LogP contribution in [0, 0.1) is 5.82 Å². The van der Waals surface area contributed by atoms with Crippen LogP contribution in [-0.4, -0.2) is 31.0 Å². The van der Waals surface area contributed by atoms with Crippen LogP contribution in [0.5, 0.6) is 0 Å². The number of allylic oxidation sites excluding steroid dienone is 1. The van der Waals surface area contributed by atoms with Crippen LogP contribution < -0.4 is 24.2 Å². The van der Waals surface area contributed by atoms with Gasteiger partial charge in [-0.2, -0.15) is 0 Å². The maximum atomic E-state index is 12.7. The Morgan fingerprint density at radius 1 is 1.44 bits per heavy atom. The number of benzene rings is 1. The Labute approximate surface area is 126 Å². The van der Waals surface area contributed by atoms with Gasteiger partial charge in [0.25, 0.3) is 0 Å². The summed E-state index contributed by atoms with van der Waals surface area (Å²) >= 11 is 0. The van der Waals surface area contributed by atoms with Gasteiger partial charge in [0.05, 0.1) is 0 Å². The van der Waals surface area contributed by atoms with Crippen LogP contribution in [0.3, 0.4) is 0 Å². The minimum atomic E-state index is -0.185. The second kappa shape index (κ2) is 10.2. The van der Waals surface area contributed by atoms with Crippen molar-refractivity contribution < 1.29 is 29.0 Å². The van der Waals surface area contributed by atoms with E-state index in [1.54, 1.807) is 0 Å². The van der Waals surface area contributed by atoms with E-state index >= 15 is 0 Å². The molecule has 0 radical (unpaired) electrons. The summed E-state index contributed by atoms with van der Waals surface area (Å²) in [6.45, 7) is 4.61. The zero-order chi connectivity index (χ0) is 10.4. The molecule has 1 N–H and O–H groups in total.